The van der Waals surface area contributed by atoms with Crippen LogP contribution in [0.3, 0.4) is 0 Å². The SMILES string of the molecule is CCCC[C@H](CC)CNC(=S)Nc1ccc2oc(C)nc2c1. The minimum atomic E-state index is 0.662. The number of hydrogen-bond acceptors (Lipinski definition) is 3. The summed E-state index contributed by atoms with van der Waals surface area (Å²) in [7, 11) is 0. The fourth-order valence-electron chi connectivity index (χ4n) is 2.48. The second kappa shape index (κ2) is 8.13. The molecule has 0 fully saturated rings. The fraction of sp³-hybridized carbons (Fsp3) is 0.529. The molecule has 0 spiro atoms. The summed E-state index contributed by atoms with van der Waals surface area (Å²) < 4.78 is 5.47. The van der Waals surface area contributed by atoms with Crippen molar-refractivity contribution in [3.05, 3.63) is 24.1 Å². The molecule has 2 N–H and O–H groups in total. The molecule has 1 aromatic carbocycles. The molecule has 22 heavy (non-hydrogen) atoms. The second-order valence-corrected chi connectivity index (χ2v) is 6.08. The van der Waals surface area contributed by atoms with E-state index in [4.69, 9.17) is 16.6 Å². The van der Waals surface area contributed by atoms with E-state index in [-0.39, 0.29) is 0 Å². The van der Waals surface area contributed by atoms with Crippen LogP contribution in [-0.4, -0.2) is 16.6 Å². The van der Waals surface area contributed by atoms with Crippen LogP contribution in [0.1, 0.15) is 45.4 Å². The summed E-state index contributed by atoms with van der Waals surface area (Å²) in [5.41, 5.74) is 2.58. The molecular formula is C17H25N3OS. The summed E-state index contributed by atoms with van der Waals surface area (Å²) in [6.45, 7) is 7.24. The van der Waals surface area contributed by atoms with Crippen LogP contribution < -0.4 is 10.6 Å². The predicted octanol–water partition coefficient (Wildman–Crippen LogP) is 4.64. The number of nitrogens with one attached hydrogen (secondary N) is 2. The van der Waals surface area contributed by atoms with E-state index in [2.05, 4.69) is 29.5 Å². The molecule has 0 bridgehead atoms. The van der Waals surface area contributed by atoms with E-state index in [0.717, 1.165) is 23.3 Å². The van der Waals surface area contributed by atoms with Crippen LogP contribution in [0.5, 0.6) is 0 Å². The zero-order chi connectivity index (χ0) is 15.9. The number of oxazole rings is 1. The lowest BCUT2D eigenvalue weighted by Crippen LogP contribution is -2.32. The van der Waals surface area contributed by atoms with E-state index in [0.29, 0.717) is 16.9 Å². The lowest BCUT2D eigenvalue weighted by molar-refractivity contribution is 0.446. The Labute approximate surface area is 137 Å². The third-order valence-electron chi connectivity index (χ3n) is 3.85. The Morgan fingerprint density at radius 3 is 2.91 bits per heavy atom. The van der Waals surface area contributed by atoms with Crippen molar-refractivity contribution in [1.29, 1.82) is 0 Å². The van der Waals surface area contributed by atoms with Crippen molar-refractivity contribution in [3.8, 4) is 0 Å². The van der Waals surface area contributed by atoms with Crippen molar-refractivity contribution in [2.24, 2.45) is 5.92 Å². The lowest BCUT2D eigenvalue weighted by atomic mass is 9.99. The van der Waals surface area contributed by atoms with E-state index in [1.165, 1.54) is 25.7 Å². The number of thiocarbonyl (C=S) groups is 1. The van der Waals surface area contributed by atoms with E-state index in [1.807, 2.05) is 25.1 Å². The van der Waals surface area contributed by atoms with E-state index < -0.39 is 0 Å². The number of benzene rings is 1. The first kappa shape index (κ1) is 16.7. The Bertz CT molecular complexity index is 623. The number of aryl methyl sites for hydroxylation is 1. The summed E-state index contributed by atoms with van der Waals surface area (Å²) in [6.07, 6.45) is 4.96. The molecular weight excluding hydrogens is 294 g/mol. The summed E-state index contributed by atoms with van der Waals surface area (Å²) in [5, 5.41) is 7.20. The molecule has 0 saturated heterocycles. The van der Waals surface area contributed by atoms with Gasteiger partial charge < -0.3 is 15.1 Å². The fourth-order valence-corrected chi connectivity index (χ4v) is 2.68. The minimum absolute atomic E-state index is 0.662. The van der Waals surface area contributed by atoms with Crippen LogP contribution in [0.15, 0.2) is 22.6 Å². The predicted molar refractivity (Wildman–Crippen MR) is 96.3 cm³/mol. The van der Waals surface area contributed by atoms with Gasteiger partial charge in [0.15, 0.2) is 16.6 Å². The summed E-state index contributed by atoms with van der Waals surface area (Å²) in [6, 6.07) is 5.82. The van der Waals surface area contributed by atoms with E-state index >= 15 is 0 Å². The minimum Gasteiger partial charge on any atom is -0.441 e. The maximum Gasteiger partial charge on any atom is 0.192 e. The number of unbranched alkanes of at least 4 members (excludes halogenated alkanes) is 1. The monoisotopic (exact) mass is 319 g/mol. The van der Waals surface area contributed by atoms with Crippen molar-refractivity contribution in [1.82, 2.24) is 10.3 Å². The molecule has 4 nitrogen and oxygen atoms in total. The van der Waals surface area contributed by atoms with Crippen molar-refractivity contribution in [2.75, 3.05) is 11.9 Å². The Morgan fingerprint density at radius 1 is 1.36 bits per heavy atom. The number of rotatable bonds is 7. The van der Waals surface area contributed by atoms with Crippen molar-refractivity contribution >= 4 is 34.1 Å². The number of aromatic nitrogens is 1. The molecule has 1 heterocycles. The third kappa shape index (κ3) is 4.70. The van der Waals surface area contributed by atoms with Gasteiger partial charge in [-0.15, -0.1) is 0 Å². The van der Waals surface area contributed by atoms with Crippen LogP contribution in [0.4, 0.5) is 5.69 Å². The molecule has 5 heteroatoms. The van der Waals surface area contributed by atoms with E-state index in [9.17, 15) is 0 Å². The highest BCUT2D eigenvalue weighted by Crippen LogP contribution is 2.19. The molecule has 1 aromatic heterocycles. The van der Waals surface area contributed by atoms with Gasteiger partial charge in [-0.05, 0) is 42.8 Å². The van der Waals surface area contributed by atoms with Crippen molar-refractivity contribution in [3.63, 3.8) is 0 Å². The summed E-state index contributed by atoms with van der Waals surface area (Å²) >= 11 is 5.38. The Hall–Kier alpha value is -1.62. The first-order valence-corrected chi connectivity index (χ1v) is 8.45. The summed E-state index contributed by atoms with van der Waals surface area (Å²) in [4.78, 5) is 4.33. The van der Waals surface area contributed by atoms with Gasteiger partial charge in [-0.25, -0.2) is 4.98 Å². The highest BCUT2D eigenvalue weighted by Gasteiger charge is 2.08. The number of nitrogens with zero attached hydrogens (tertiary/aromatic N) is 1. The van der Waals surface area contributed by atoms with Crippen LogP contribution in [-0.2, 0) is 0 Å². The average molecular weight is 319 g/mol. The third-order valence-corrected chi connectivity index (χ3v) is 4.09. The topological polar surface area (TPSA) is 50.1 Å². The van der Waals surface area contributed by atoms with Gasteiger partial charge in [-0.1, -0.05) is 33.1 Å². The maximum absolute atomic E-state index is 5.47. The van der Waals surface area contributed by atoms with Gasteiger partial charge in [-0.2, -0.15) is 0 Å². The quantitative estimate of drug-likeness (QED) is 0.728. The molecule has 120 valence electrons. The standard InChI is InChI=1S/C17H25N3OS/c1-4-6-7-13(5-2)11-18-17(22)20-14-8-9-16-15(10-14)19-12(3)21-16/h8-10,13H,4-7,11H2,1-3H3,(H2,18,20,22)/t13-/m0/s1. The first-order chi connectivity index (χ1) is 10.6. The highest BCUT2D eigenvalue weighted by molar-refractivity contribution is 7.80. The number of anilines is 1. The lowest BCUT2D eigenvalue weighted by Gasteiger charge is -2.17. The van der Waals surface area contributed by atoms with Gasteiger partial charge in [0.05, 0.1) is 0 Å². The first-order valence-electron chi connectivity index (χ1n) is 8.04. The average Bonchev–Trinajstić information content (AvgIpc) is 2.87. The smallest absolute Gasteiger partial charge is 0.192 e. The van der Waals surface area contributed by atoms with Crippen molar-refractivity contribution < 1.29 is 4.42 Å². The van der Waals surface area contributed by atoms with Gasteiger partial charge in [-0.3, -0.25) is 0 Å². The molecule has 0 radical (unpaired) electrons. The Morgan fingerprint density at radius 2 is 2.18 bits per heavy atom. The van der Waals surface area contributed by atoms with Crippen LogP contribution in [0, 0.1) is 12.8 Å². The highest BCUT2D eigenvalue weighted by atomic mass is 32.1. The zero-order valence-corrected chi connectivity index (χ0v) is 14.4. The molecule has 0 aliphatic rings. The van der Waals surface area contributed by atoms with E-state index in [1.54, 1.807) is 0 Å². The number of hydrogen-bond donors (Lipinski definition) is 2. The normalized spacial score (nSPS) is 12.3. The Balaban J connectivity index is 1.87. The van der Waals surface area contributed by atoms with Gasteiger partial charge in [0.25, 0.3) is 0 Å². The van der Waals surface area contributed by atoms with Gasteiger partial charge in [0.2, 0.25) is 0 Å². The Kier molecular flexibility index (Phi) is 6.19. The molecule has 0 saturated carbocycles. The molecule has 2 rings (SSSR count). The molecule has 0 amide bonds. The largest absolute Gasteiger partial charge is 0.441 e. The molecule has 0 unspecified atom stereocenters. The van der Waals surface area contributed by atoms with Crippen LogP contribution in [0.2, 0.25) is 0 Å². The zero-order valence-electron chi connectivity index (χ0n) is 13.6. The second-order valence-electron chi connectivity index (χ2n) is 5.67. The van der Waals surface area contributed by atoms with Gasteiger partial charge in [0.1, 0.15) is 5.52 Å². The summed E-state index contributed by atoms with van der Waals surface area (Å²) in [5.74, 6) is 1.36. The molecule has 0 aliphatic heterocycles. The molecule has 1 atom stereocenters. The van der Waals surface area contributed by atoms with Crippen LogP contribution in [0.25, 0.3) is 11.1 Å². The van der Waals surface area contributed by atoms with Gasteiger partial charge in [0, 0.05) is 19.2 Å². The van der Waals surface area contributed by atoms with Crippen LogP contribution >= 0.6 is 12.2 Å². The molecule has 2 aromatic rings. The maximum atomic E-state index is 5.47. The van der Waals surface area contributed by atoms with Gasteiger partial charge >= 0.3 is 0 Å². The van der Waals surface area contributed by atoms with Crippen molar-refractivity contribution in [2.45, 2.75) is 46.5 Å². The molecule has 0 aliphatic carbocycles. The number of fused-ring (bicyclic) bond motifs is 1.